The molecule has 0 amide bonds. The molecule has 4 rings (SSSR count). The molecule has 1 aliphatic rings. The molecule has 1 saturated heterocycles. The Balaban J connectivity index is 2.06. The number of esters is 1. The summed E-state index contributed by atoms with van der Waals surface area (Å²) in [5.74, 6) is -0.424. The van der Waals surface area contributed by atoms with Crippen LogP contribution in [0.1, 0.15) is 46.3 Å². The highest BCUT2D eigenvalue weighted by Crippen LogP contribution is 2.39. The standard InChI is InChI=1S/C23H23NO3/c1-14-6-9-16(10-7-14)20-17-11-8-15(2)13-18(17)21(19-5-4-12-27-19)24-22(20)23(25)26-3/h6-11,13,19H,4-5,12H2,1-3H3. The van der Waals surface area contributed by atoms with Crippen LogP contribution in [0.5, 0.6) is 0 Å². The number of aromatic nitrogens is 1. The summed E-state index contributed by atoms with van der Waals surface area (Å²) in [6.45, 7) is 4.84. The first-order chi connectivity index (χ1) is 13.1. The molecule has 4 nitrogen and oxygen atoms in total. The molecular formula is C23H23NO3. The monoisotopic (exact) mass is 361 g/mol. The van der Waals surface area contributed by atoms with Gasteiger partial charge in [0.15, 0.2) is 5.69 Å². The first kappa shape index (κ1) is 17.7. The van der Waals surface area contributed by atoms with E-state index in [-0.39, 0.29) is 6.10 Å². The van der Waals surface area contributed by atoms with Crippen LogP contribution in [-0.2, 0) is 9.47 Å². The van der Waals surface area contributed by atoms with Crippen LogP contribution in [0.4, 0.5) is 0 Å². The highest BCUT2D eigenvalue weighted by molar-refractivity contribution is 6.07. The Kier molecular flexibility index (Phi) is 4.66. The number of benzene rings is 2. The number of carbonyl (C=O) groups excluding carboxylic acids is 1. The lowest BCUT2D eigenvalue weighted by atomic mass is 9.92. The minimum Gasteiger partial charge on any atom is -0.464 e. The summed E-state index contributed by atoms with van der Waals surface area (Å²) < 4.78 is 11.0. The highest BCUT2D eigenvalue weighted by atomic mass is 16.5. The molecule has 1 atom stereocenters. The van der Waals surface area contributed by atoms with Gasteiger partial charge in [0, 0.05) is 17.6 Å². The van der Waals surface area contributed by atoms with Crippen molar-refractivity contribution in [2.75, 3.05) is 13.7 Å². The van der Waals surface area contributed by atoms with E-state index in [0.717, 1.165) is 52.6 Å². The van der Waals surface area contributed by atoms with E-state index in [1.54, 1.807) is 0 Å². The molecule has 1 unspecified atom stereocenters. The van der Waals surface area contributed by atoms with Crippen LogP contribution in [0.25, 0.3) is 21.9 Å². The number of methoxy groups -OCH3 is 1. The van der Waals surface area contributed by atoms with Crippen molar-refractivity contribution in [3.8, 4) is 11.1 Å². The topological polar surface area (TPSA) is 48.4 Å². The normalized spacial score (nSPS) is 16.6. The first-order valence-corrected chi connectivity index (χ1v) is 9.29. The third-order valence-electron chi connectivity index (χ3n) is 5.14. The van der Waals surface area contributed by atoms with Crippen molar-refractivity contribution in [2.24, 2.45) is 0 Å². The van der Waals surface area contributed by atoms with Gasteiger partial charge in [-0.1, -0.05) is 47.5 Å². The maximum absolute atomic E-state index is 12.6. The average molecular weight is 361 g/mol. The van der Waals surface area contributed by atoms with Crippen LogP contribution in [0.15, 0.2) is 42.5 Å². The lowest BCUT2D eigenvalue weighted by molar-refractivity contribution is 0.0593. The summed E-state index contributed by atoms with van der Waals surface area (Å²) in [5, 5.41) is 2.05. The van der Waals surface area contributed by atoms with E-state index in [0.29, 0.717) is 5.69 Å². The van der Waals surface area contributed by atoms with Gasteiger partial charge in [0.2, 0.25) is 0 Å². The zero-order valence-electron chi connectivity index (χ0n) is 15.9. The number of pyridine rings is 1. The van der Waals surface area contributed by atoms with Crippen LogP contribution in [0.3, 0.4) is 0 Å². The van der Waals surface area contributed by atoms with Crippen molar-refractivity contribution >= 4 is 16.7 Å². The maximum atomic E-state index is 12.6. The van der Waals surface area contributed by atoms with Crippen LogP contribution in [0.2, 0.25) is 0 Å². The van der Waals surface area contributed by atoms with Crippen LogP contribution in [0, 0.1) is 13.8 Å². The Morgan fingerprint density at radius 1 is 1.07 bits per heavy atom. The van der Waals surface area contributed by atoms with Gasteiger partial charge in [0.1, 0.15) is 6.10 Å². The number of hydrogen-bond donors (Lipinski definition) is 0. The van der Waals surface area contributed by atoms with E-state index >= 15 is 0 Å². The van der Waals surface area contributed by atoms with E-state index in [1.165, 1.54) is 12.7 Å². The number of aryl methyl sites for hydroxylation is 2. The molecule has 3 aromatic rings. The van der Waals surface area contributed by atoms with Gasteiger partial charge in [-0.15, -0.1) is 0 Å². The van der Waals surface area contributed by atoms with Gasteiger partial charge in [-0.25, -0.2) is 9.78 Å². The Bertz CT molecular complexity index is 1000. The lowest BCUT2D eigenvalue weighted by Gasteiger charge is -2.18. The molecule has 0 aliphatic carbocycles. The molecule has 2 aromatic carbocycles. The number of nitrogens with zero attached hydrogens (tertiary/aromatic N) is 1. The minimum absolute atomic E-state index is 0.0789. The number of carbonyl (C=O) groups is 1. The zero-order valence-corrected chi connectivity index (χ0v) is 15.9. The smallest absolute Gasteiger partial charge is 0.357 e. The SMILES string of the molecule is COC(=O)c1nc(C2CCCO2)c2cc(C)ccc2c1-c1ccc(C)cc1. The Labute approximate surface area is 159 Å². The summed E-state index contributed by atoms with van der Waals surface area (Å²) >= 11 is 0. The molecule has 0 radical (unpaired) electrons. The third kappa shape index (κ3) is 3.21. The van der Waals surface area contributed by atoms with E-state index in [9.17, 15) is 4.79 Å². The van der Waals surface area contributed by atoms with Gasteiger partial charge >= 0.3 is 5.97 Å². The van der Waals surface area contributed by atoms with Gasteiger partial charge in [0.25, 0.3) is 0 Å². The summed E-state index contributed by atoms with van der Waals surface area (Å²) in [6, 6.07) is 14.4. The lowest BCUT2D eigenvalue weighted by Crippen LogP contribution is -2.12. The fraction of sp³-hybridized carbons (Fsp3) is 0.304. The van der Waals surface area contributed by atoms with Crippen molar-refractivity contribution in [3.63, 3.8) is 0 Å². The van der Waals surface area contributed by atoms with Gasteiger partial charge in [-0.05, 0) is 43.7 Å². The van der Waals surface area contributed by atoms with E-state index < -0.39 is 5.97 Å². The van der Waals surface area contributed by atoms with Crippen LogP contribution >= 0.6 is 0 Å². The maximum Gasteiger partial charge on any atom is 0.357 e. The molecule has 0 bridgehead atoms. The fourth-order valence-corrected chi connectivity index (χ4v) is 3.75. The second kappa shape index (κ2) is 7.12. The molecule has 27 heavy (non-hydrogen) atoms. The van der Waals surface area contributed by atoms with E-state index in [1.807, 2.05) is 31.2 Å². The van der Waals surface area contributed by atoms with Crippen molar-refractivity contribution in [1.82, 2.24) is 4.98 Å². The van der Waals surface area contributed by atoms with Crippen LogP contribution < -0.4 is 0 Å². The fourth-order valence-electron chi connectivity index (χ4n) is 3.75. The predicted molar refractivity (Wildman–Crippen MR) is 106 cm³/mol. The van der Waals surface area contributed by atoms with Gasteiger partial charge < -0.3 is 9.47 Å². The second-order valence-corrected chi connectivity index (χ2v) is 7.13. The largest absolute Gasteiger partial charge is 0.464 e. The Morgan fingerprint density at radius 3 is 2.48 bits per heavy atom. The van der Waals surface area contributed by atoms with Gasteiger partial charge in [-0.2, -0.15) is 0 Å². The summed E-state index contributed by atoms with van der Waals surface area (Å²) in [7, 11) is 1.40. The third-order valence-corrected chi connectivity index (χ3v) is 5.14. The van der Waals surface area contributed by atoms with Gasteiger partial charge in [0.05, 0.1) is 12.8 Å². The van der Waals surface area contributed by atoms with E-state index in [4.69, 9.17) is 14.5 Å². The Hall–Kier alpha value is -2.72. The molecular weight excluding hydrogens is 338 g/mol. The summed E-state index contributed by atoms with van der Waals surface area (Å²) in [6.07, 6.45) is 1.85. The molecule has 2 heterocycles. The second-order valence-electron chi connectivity index (χ2n) is 7.13. The van der Waals surface area contributed by atoms with Crippen molar-refractivity contribution in [1.29, 1.82) is 0 Å². The van der Waals surface area contributed by atoms with E-state index in [2.05, 4.69) is 25.1 Å². The number of ether oxygens (including phenoxy) is 2. The van der Waals surface area contributed by atoms with Crippen molar-refractivity contribution in [2.45, 2.75) is 32.8 Å². The molecule has 0 saturated carbocycles. The minimum atomic E-state index is -0.424. The molecule has 1 aromatic heterocycles. The van der Waals surface area contributed by atoms with Crippen molar-refractivity contribution < 1.29 is 14.3 Å². The summed E-state index contributed by atoms with van der Waals surface area (Å²) in [5.41, 5.74) is 5.29. The molecule has 1 fully saturated rings. The highest BCUT2D eigenvalue weighted by Gasteiger charge is 2.27. The zero-order chi connectivity index (χ0) is 19.0. The number of fused-ring (bicyclic) bond motifs is 1. The molecule has 4 heteroatoms. The quantitative estimate of drug-likeness (QED) is 0.605. The van der Waals surface area contributed by atoms with Crippen molar-refractivity contribution in [3.05, 3.63) is 65.0 Å². The molecule has 0 N–H and O–H groups in total. The molecule has 0 spiro atoms. The molecule has 138 valence electrons. The summed E-state index contributed by atoms with van der Waals surface area (Å²) in [4.78, 5) is 17.4. The first-order valence-electron chi connectivity index (χ1n) is 9.29. The number of hydrogen-bond acceptors (Lipinski definition) is 4. The van der Waals surface area contributed by atoms with Gasteiger partial charge in [-0.3, -0.25) is 0 Å². The predicted octanol–water partition coefficient (Wildman–Crippen LogP) is 5.16. The number of rotatable bonds is 3. The van der Waals surface area contributed by atoms with Crippen LogP contribution in [-0.4, -0.2) is 24.7 Å². The molecule has 1 aliphatic heterocycles. The Morgan fingerprint density at radius 2 is 1.81 bits per heavy atom. The average Bonchev–Trinajstić information content (AvgIpc) is 3.21.